The lowest BCUT2D eigenvalue weighted by Gasteiger charge is -2.29. The Hall–Kier alpha value is -2.54. The van der Waals surface area contributed by atoms with Gasteiger partial charge in [0.25, 0.3) is 5.91 Å². The van der Waals surface area contributed by atoms with Crippen molar-refractivity contribution in [3.63, 3.8) is 0 Å². The number of methoxy groups -OCH3 is 1. The van der Waals surface area contributed by atoms with Crippen molar-refractivity contribution in [1.82, 2.24) is 10.2 Å². The predicted molar refractivity (Wildman–Crippen MR) is 116 cm³/mol. The van der Waals surface area contributed by atoms with Crippen LogP contribution in [0, 0.1) is 0 Å². The highest BCUT2D eigenvalue weighted by molar-refractivity contribution is 9.10. The molecular weight excluding hydrogens is 436 g/mol. The standard InChI is InChI=1S/C22H27BrN2O4/c1-15(2)24-22(27)16(3)25(13-17-5-7-18(23)8-6-17)21(26)14-29-20-11-9-19(28-4)10-12-20/h5-12,15-16H,13-14H2,1-4H3,(H,24,27)/t16-/m0/s1. The maximum absolute atomic E-state index is 12.9. The van der Waals surface area contributed by atoms with Crippen molar-refractivity contribution < 1.29 is 19.1 Å². The van der Waals surface area contributed by atoms with Crippen molar-refractivity contribution >= 4 is 27.7 Å². The van der Waals surface area contributed by atoms with E-state index in [1.54, 1.807) is 38.3 Å². The lowest BCUT2D eigenvalue weighted by atomic mass is 10.1. The highest BCUT2D eigenvalue weighted by atomic mass is 79.9. The van der Waals surface area contributed by atoms with Crippen LogP contribution in [-0.2, 0) is 16.1 Å². The van der Waals surface area contributed by atoms with Crippen LogP contribution in [0.1, 0.15) is 26.3 Å². The van der Waals surface area contributed by atoms with Gasteiger partial charge in [0.05, 0.1) is 7.11 Å². The Balaban J connectivity index is 2.11. The van der Waals surface area contributed by atoms with Crippen LogP contribution in [0.3, 0.4) is 0 Å². The van der Waals surface area contributed by atoms with E-state index in [-0.39, 0.29) is 24.5 Å². The number of nitrogens with zero attached hydrogens (tertiary/aromatic N) is 1. The summed E-state index contributed by atoms with van der Waals surface area (Å²) in [5.41, 5.74) is 0.926. The first-order chi connectivity index (χ1) is 13.8. The van der Waals surface area contributed by atoms with Gasteiger partial charge in [-0.2, -0.15) is 0 Å². The number of nitrogens with one attached hydrogen (secondary N) is 1. The van der Waals surface area contributed by atoms with Gasteiger partial charge < -0.3 is 19.7 Å². The SMILES string of the molecule is COc1ccc(OCC(=O)N(Cc2ccc(Br)cc2)[C@@H](C)C(=O)NC(C)C)cc1. The molecule has 2 rings (SSSR count). The van der Waals surface area contributed by atoms with E-state index in [4.69, 9.17) is 9.47 Å². The Kier molecular flexibility index (Phi) is 8.51. The fourth-order valence-electron chi connectivity index (χ4n) is 2.67. The minimum atomic E-state index is -0.631. The molecule has 0 bridgehead atoms. The molecule has 0 spiro atoms. The molecule has 1 atom stereocenters. The summed E-state index contributed by atoms with van der Waals surface area (Å²) >= 11 is 3.41. The maximum Gasteiger partial charge on any atom is 0.261 e. The van der Waals surface area contributed by atoms with Gasteiger partial charge in [0.1, 0.15) is 17.5 Å². The molecule has 0 fully saturated rings. The quantitative estimate of drug-likeness (QED) is 0.615. The number of amides is 2. The topological polar surface area (TPSA) is 67.9 Å². The van der Waals surface area contributed by atoms with Crippen LogP contribution < -0.4 is 14.8 Å². The number of rotatable bonds is 9. The Labute approximate surface area is 180 Å². The van der Waals surface area contributed by atoms with Gasteiger partial charge in [-0.15, -0.1) is 0 Å². The van der Waals surface area contributed by atoms with Gasteiger partial charge in [-0.05, 0) is 62.7 Å². The molecule has 0 radical (unpaired) electrons. The number of hydrogen-bond acceptors (Lipinski definition) is 4. The van der Waals surface area contributed by atoms with Gasteiger partial charge in [0, 0.05) is 17.1 Å². The second kappa shape index (κ2) is 10.9. The second-order valence-corrected chi connectivity index (χ2v) is 7.87. The van der Waals surface area contributed by atoms with Gasteiger partial charge in [-0.1, -0.05) is 28.1 Å². The summed E-state index contributed by atoms with van der Waals surface area (Å²) < 4.78 is 11.7. The third kappa shape index (κ3) is 7.09. The van der Waals surface area contributed by atoms with Crippen LogP contribution in [0.4, 0.5) is 0 Å². The molecule has 2 aromatic rings. The molecule has 0 saturated carbocycles. The molecule has 0 heterocycles. The maximum atomic E-state index is 12.9. The first-order valence-electron chi connectivity index (χ1n) is 9.41. The van der Waals surface area contributed by atoms with E-state index in [2.05, 4.69) is 21.2 Å². The highest BCUT2D eigenvalue weighted by Crippen LogP contribution is 2.18. The van der Waals surface area contributed by atoms with E-state index >= 15 is 0 Å². The summed E-state index contributed by atoms with van der Waals surface area (Å²) in [6.45, 7) is 5.64. The monoisotopic (exact) mass is 462 g/mol. The molecule has 0 aliphatic heterocycles. The van der Waals surface area contributed by atoms with E-state index in [0.717, 1.165) is 10.0 Å². The van der Waals surface area contributed by atoms with E-state index in [9.17, 15) is 9.59 Å². The van der Waals surface area contributed by atoms with Crippen LogP contribution in [0.15, 0.2) is 53.0 Å². The summed E-state index contributed by atoms with van der Waals surface area (Å²) in [6, 6.07) is 14.0. The zero-order chi connectivity index (χ0) is 21.4. The average molecular weight is 463 g/mol. The lowest BCUT2D eigenvalue weighted by molar-refractivity contribution is -0.142. The van der Waals surface area contributed by atoms with E-state index in [0.29, 0.717) is 18.0 Å². The Morgan fingerprint density at radius 2 is 1.59 bits per heavy atom. The number of ether oxygens (including phenoxy) is 2. The fourth-order valence-corrected chi connectivity index (χ4v) is 2.94. The normalized spacial score (nSPS) is 11.7. The predicted octanol–water partition coefficient (Wildman–Crippen LogP) is 3.78. The van der Waals surface area contributed by atoms with Crippen LogP contribution >= 0.6 is 15.9 Å². The van der Waals surface area contributed by atoms with E-state index in [1.807, 2.05) is 38.1 Å². The summed E-state index contributed by atoms with van der Waals surface area (Å²) in [5.74, 6) is 0.798. The number of carbonyl (C=O) groups excluding carboxylic acids is 2. The number of hydrogen-bond donors (Lipinski definition) is 1. The summed E-state index contributed by atoms with van der Waals surface area (Å²) in [5, 5.41) is 2.86. The van der Waals surface area contributed by atoms with Gasteiger partial charge >= 0.3 is 0 Å². The molecule has 2 amide bonds. The molecule has 6 nitrogen and oxygen atoms in total. The van der Waals surface area contributed by atoms with Gasteiger partial charge in [-0.3, -0.25) is 9.59 Å². The van der Waals surface area contributed by atoms with Gasteiger partial charge in [0.15, 0.2) is 6.61 Å². The first-order valence-corrected chi connectivity index (χ1v) is 10.2. The molecule has 29 heavy (non-hydrogen) atoms. The average Bonchev–Trinajstić information content (AvgIpc) is 2.71. The molecule has 0 saturated heterocycles. The van der Waals surface area contributed by atoms with Crippen LogP contribution in [0.25, 0.3) is 0 Å². The van der Waals surface area contributed by atoms with Crippen molar-refractivity contribution in [1.29, 1.82) is 0 Å². The van der Waals surface area contributed by atoms with Crippen molar-refractivity contribution in [2.75, 3.05) is 13.7 Å². The van der Waals surface area contributed by atoms with Crippen LogP contribution in [0.5, 0.6) is 11.5 Å². The van der Waals surface area contributed by atoms with E-state index in [1.165, 1.54) is 4.90 Å². The van der Waals surface area contributed by atoms with Crippen molar-refractivity contribution in [2.45, 2.75) is 39.4 Å². The fraction of sp³-hybridized carbons (Fsp3) is 0.364. The second-order valence-electron chi connectivity index (χ2n) is 6.95. The van der Waals surface area contributed by atoms with Crippen molar-refractivity contribution in [2.24, 2.45) is 0 Å². The molecule has 7 heteroatoms. The highest BCUT2D eigenvalue weighted by Gasteiger charge is 2.26. The zero-order valence-corrected chi connectivity index (χ0v) is 18.7. The van der Waals surface area contributed by atoms with Crippen LogP contribution in [-0.4, -0.2) is 42.5 Å². The number of benzene rings is 2. The smallest absolute Gasteiger partial charge is 0.261 e. The van der Waals surface area contributed by atoms with Crippen molar-refractivity contribution in [3.8, 4) is 11.5 Å². The largest absolute Gasteiger partial charge is 0.497 e. The molecule has 1 N–H and O–H groups in total. The molecule has 0 aliphatic carbocycles. The van der Waals surface area contributed by atoms with Crippen LogP contribution in [0.2, 0.25) is 0 Å². The van der Waals surface area contributed by atoms with Gasteiger partial charge in [0.2, 0.25) is 5.91 Å². The molecule has 156 valence electrons. The Bertz CT molecular complexity index is 807. The van der Waals surface area contributed by atoms with Crippen molar-refractivity contribution in [3.05, 3.63) is 58.6 Å². The third-order valence-electron chi connectivity index (χ3n) is 4.29. The zero-order valence-electron chi connectivity index (χ0n) is 17.1. The van der Waals surface area contributed by atoms with E-state index < -0.39 is 6.04 Å². The van der Waals surface area contributed by atoms with Gasteiger partial charge in [-0.25, -0.2) is 0 Å². The minimum absolute atomic E-state index is 0.00914. The third-order valence-corrected chi connectivity index (χ3v) is 4.81. The molecule has 0 aromatic heterocycles. The lowest BCUT2D eigenvalue weighted by Crippen LogP contribution is -2.50. The molecular formula is C22H27BrN2O4. The minimum Gasteiger partial charge on any atom is -0.497 e. The molecule has 0 aliphatic rings. The molecule has 2 aromatic carbocycles. The summed E-state index contributed by atoms with van der Waals surface area (Å²) in [6.07, 6.45) is 0. The molecule has 0 unspecified atom stereocenters. The number of carbonyl (C=O) groups is 2. The first kappa shape index (κ1) is 22.7. The number of halogens is 1. The summed E-state index contributed by atoms with van der Waals surface area (Å²) in [7, 11) is 1.59. The summed E-state index contributed by atoms with van der Waals surface area (Å²) in [4.78, 5) is 27.0. The Morgan fingerprint density at radius 1 is 1.00 bits per heavy atom. The Morgan fingerprint density at radius 3 is 2.14 bits per heavy atom.